The van der Waals surface area contributed by atoms with Gasteiger partial charge in [-0.2, -0.15) is 8.42 Å². The molecule has 10 nitrogen and oxygen atoms in total. The molecular weight excluding hydrogens is 380 g/mol. The van der Waals surface area contributed by atoms with Crippen LogP contribution in [0.2, 0.25) is 0 Å². The molecular formula is C16H18N2O8S. The second-order valence-corrected chi connectivity index (χ2v) is 6.82. The van der Waals surface area contributed by atoms with Gasteiger partial charge in [0, 0.05) is 0 Å². The van der Waals surface area contributed by atoms with Crippen molar-refractivity contribution in [1.82, 2.24) is 0 Å². The summed E-state index contributed by atoms with van der Waals surface area (Å²) in [6.07, 6.45) is 1.89. The number of carboxylic acids is 1. The lowest BCUT2D eigenvalue weighted by Crippen LogP contribution is -2.15. The number of rotatable bonds is 8. The Balaban J connectivity index is 2.97. The van der Waals surface area contributed by atoms with Gasteiger partial charge in [-0.15, -0.1) is 5.10 Å². The molecule has 0 fully saturated rings. The highest BCUT2D eigenvalue weighted by Crippen LogP contribution is 2.13. The molecule has 0 aliphatic heterocycles. The number of hydrogen-bond acceptors (Lipinski definition) is 8. The summed E-state index contributed by atoms with van der Waals surface area (Å²) in [5, 5.41) is 12.7. The number of nitrogens with one attached hydrogen (secondary N) is 1. The second-order valence-electron chi connectivity index (χ2n) is 5.40. The molecule has 0 aliphatic rings. The van der Waals surface area contributed by atoms with Crippen LogP contribution >= 0.6 is 0 Å². The van der Waals surface area contributed by atoms with Crippen LogP contribution < -0.4 is 5.43 Å². The first-order valence-electron chi connectivity index (χ1n) is 7.51. The molecule has 1 aromatic carbocycles. The van der Waals surface area contributed by atoms with E-state index < -0.39 is 40.2 Å². The number of Topliss-reactive ketones (excluding diaryl/α,β-unsaturated/α-hetero) is 1. The molecule has 0 aliphatic carbocycles. The third-order valence-electron chi connectivity index (χ3n) is 2.98. The van der Waals surface area contributed by atoms with Crippen LogP contribution in [0.25, 0.3) is 0 Å². The monoisotopic (exact) mass is 398 g/mol. The molecule has 3 N–H and O–H groups in total. The van der Waals surface area contributed by atoms with Gasteiger partial charge in [0.1, 0.15) is 12.2 Å². The lowest BCUT2D eigenvalue weighted by molar-refractivity contribution is -0.140. The van der Waals surface area contributed by atoms with Gasteiger partial charge in [0.05, 0.1) is 16.5 Å². The quantitative estimate of drug-likeness (QED) is 0.147. The number of benzene rings is 1. The Kier molecular flexibility index (Phi) is 7.81. The zero-order valence-electron chi connectivity index (χ0n) is 14.4. The largest absolute Gasteiger partial charge is 0.481 e. The van der Waals surface area contributed by atoms with E-state index in [1.54, 1.807) is 0 Å². The van der Waals surface area contributed by atoms with Gasteiger partial charge < -0.3 is 9.84 Å². The normalized spacial score (nSPS) is 13.2. The first-order valence-corrected chi connectivity index (χ1v) is 8.95. The molecule has 1 rings (SSSR count). The molecule has 0 spiro atoms. The molecule has 0 bridgehead atoms. The standard InChI is InChI=1S/C16H18N2O8S/c1-10(16(21)22)3-8-14(26-15(20)9-11(2)19)18-17-12-4-6-13(7-5-12)27(23,24)25/h3-8,10,17H,9H2,1-2H3,(H,21,22)(H,23,24,25). The molecule has 0 saturated heterocycles. The maximum absolute atomic E-state index is 11.6. The van der Waals surface area contributed by atoms with Gasteiger partial charge in [-0.05, 0) is 44.2 Å². The minimum absolute atomic E-state index is 0.294. The number of anilines is 1. The minimum atomic E-state index is -4.34. The topological polar surface area (TPSA) is 159 Å². The predicted octanol–water partition coefficient (Wildman–Crippen LogP) is 1.46. The zero-order valence-corrected chi connectivity index (χ0v) is 15.3. The van der Waals surface area contributed by atoms with E-state index in [1.165, 1.54) is 32.1 Å². The SMILES string of the molecule is CC(=O)CC(=O)OC(C=CC(C)C(=O)O)=NNc1ccc(S(=O)(=O)O)cc1. The number of esters is 1. The van der Waals surface area contributed by atoms with Crippen LogP contribution in [0.3, 0.4) is 0 Å². The third kappa shape index (κ3) is 8.25. The Morgan fingerprint density at radius 2 is 1.85 bits per heavy atom. The average Bonchev–Trinajstić information content (AvgIpc) is 2.55. The van der Waals surface area contributed by atoms with Crippen molar-refractivity contribution < 1.29 is 37.2 Å². The van der Waals surface area contributed by atoms with Crippen molar-refractivity contribution in [3.63, 3.8) is 0 Å². The van der Waals surface area contributed by atoms with Gasteiger partial charge in [0.25, 0.3) is 10.1 Å². The Bertz CT molecular complexity index is 872. The van der Waals surface area contributed by atoms with Crippen LogP contribution in [0.1, 0.15) is 20.3 Å². The van der Waals surface area contributed by atoms with E-state index in [0.29, 0.717) is 5.69 Å². The Morgan fingerprint density at radius 3 is 2.33 bits per heavy atom. The summed E-state index contributed by atoms with van der Waals surface area (Å²) >= 11 is 0. The van der Waals surface area contributed by atoms with Crippen LogP contribution in [0.15, 0.2) is 46.4 Å². The molecule has 27 heavy (non-hydrogen) atoms. The summed E-state index contributed by atoms with van der Waals surface area (Å²) in [4.78, 5) is 33.1. The number of hydrazone groups is 1. The molecule has 1 unspecified atom stereocenters. The van der Waals surface area contributed by atoms with Crippen LogP contribution in [0.4, 0.5) is 5.69 Å². The Morgan fingerprint density at radius 1 is 1.26 bits per heavy atom. The molecule has 0 aromatic heterocycles. The van der Waals surface area contributed by atoms with E-state index in [9.17, 15) is 22.8 Å². The fourth-order valence-electron chi connectivity index (χ4n) is 1.58. The minimum Gasteiger partial charge on any atom is -0.481 e. The molecule has 146 valence electrons. The zero-order chi connectivity index (χ0) is 20.6. The number of carbonyl (C=O) groups excluding carboxylic acids is 2. The van der Waals surface area contributed by atoms with Gasteiger partial charge >= 0.3 is 11.9 Å². The van der Waals surface area contributed by atoms with E-state index in [4.69, 9.17) is 14.4 Å². The highest BCUT2D eigenvalue weighted by molar-refractivity contribution is 7.85. The number of aliphatic carboxylic acids is 1. The number of ether oxygens (including phenoxy) is 1. The average molecular weight is 398 g/mol. The molecule has 1 atom stereocenters. The highest BCUT2D eigenvalue weighted by Gasteiger charge is 2.12. The first kappa shape index (κ1) is 22.0. The van der Waals surface area contributed by atoms with Crippen molar-refractivity contribution in [2.45, 2.75) is 25.2 Å². The molecule has 0 radical (unpaired) electrons. The predicted molar refractivity (Wildman–Crippen MR) is 94.6 cm³/mol. The third-order valence-corrected chi connectivity index (χ3v) is 3.84. The van der Waals surface area contributed by atoms with Gasteiger partial charge in [-0.25, -0.2) is 0 Å². The summed E-state index contributed by atoms with van der Waals surface area (Å²) < 4.78 is 35.8. The number of carboxylic acid groups (broad SMARTS) is 1. The molecule has 11 heteroatoms. The van der Waals surface area contributed by atoms with Crippen molar-refractivity contribution in [3.8, 4) is 0 Å². The first-order chi connectivity index (χ1) is 12.5. The van der Waals surface area contributed by atoms with Crippen LogP contribution in [0.5, 0.6) is 0 Å². The van der Waals surface area contributed by atoms with Crippen molar-refractivity contribution in [2.24, 2.45) is 11.0 Å². The second kappa shape index (κ2) is 9.59. The maximum atomic E-state index is 11.6. The van der Waals surface area contributed by atoms with Gasteiger partial charge in [-0.3, -0.25) is 24.4 Å². The van der Waals surface area contributed by atoms with E-state index in [-0.39, 0.29) is 10.8 Å². The molecule has 0 saturated carbocycles. The Labute approximate surface area is 155 Å². The van der Waals surface area contributed by atoms with Crippen LogP contribution in [-0.2, 0) is 29.2 Å². The van der Waals surface area contributed by atoms with Crippen molar-refractivity contribution in [3.05, 3.63) is 36.4 Å². The Hall–Kier alpha value is -3.05. The van der Waals surface area contributed by atoms with Gasteiger partial charge in [0.2, 0.25) is 5.90 Å². The van der Waals surface area contributed by atoms with E-state index in [0.717, 1.165) is 18.2 Å². The van der Waals surface area contributed by atoms with E-state index >= 15 is 0 Å². The highest BCUT2D eigenvalue weighted by atomic mass is 32.2. The van der Waals surface area contributed by atoms with Crippen molar-refractivity contribution >= 4 is 39.4 Å². The van der Waals surface area contributed by atoms with Gasteiger partial charge in [0.15, 0.2) is 0 Å². The van der Waals surface area contributed by atoms with Crippen molar-refractivity contribution in [1.29, 1.82) is 0 Å². The van der Waals surface area contributed by atoms with Gasteiger partial charge in [-0.1, -0.05) is 6.08 Å². The maximum Gasteiger partial charge on any atom is 0.320 e. The number of nitrogens with zero attached hydrogens (tertiary/aromatic N) is 1. The van der Waals surface area contributed by atoms with E-state index in [1.807, 2.05) is 0 Å². The summed E-state index contributed by atoms with van der Waals surface area (Å²) in [6.45, 7) is 2.60. The fraction of sp³-hybridized carbons (Fsp3) is 0.250. The van der Waals surface area contributed by atoms with Crippen LogP contribution in [-0.4, -0.2) is 41.7 Å². The van der Waals surface area contributed by atoms with Crippen molar-refractivity contribution in [2.75, 3.05) is 5.43 Å². The summed E-state index contributed by atoms with van der Waals surface area (Å²) in [5.41, 5.74) is 2.78. The number of ketones is 1. The molecule has 0 heterocycles. The molecule has 0 amide bonds. The smallest absolute Gasteiger partial charge is 0.320 e. The number of hydrogen-bond donors (Lipinski definition) is 3. The summed E-state index contributed by atoms with van der Waals surface area (Å²) in [7, 11) is -4.34. The fourth-order valence-corrected chi connectivity index (χ4v) is 2.06. The summed E-state index contributed by atoms with van der Waals surface area (Å²) in [6, 6.07) is 4.84. The molecule has 1 aromatic rings. The lowest BCUT2D eigenvalue weighted by Gasteiger charge is -2.06. The number of carbonyl (C=O) groups is 3. The van der Waals surface area contributed by atoms with E-state index in [2.05, 4.69) is 10.5 Å². The summed E-state index contributed by atoms with van der Waals surface area (Å²) in [5.74, 6) is -3.58. The lowest BCUT2D eigenvalue weighted by atomic mass is 10.2. The van der Waals surface area contributed by atoms with Crippen LogP contribution in [0, 0.1) is 5.92 Å².